The summed E-state index contributed by atoms with van der Waals surface area (Å²) in [5.41, 5.74) is 2.20. The second kappa shape index (κ2) is 8.61. The molecule has 2 aromatic rings. The number of hydrogen-bond donors (Lipinski definition) is 1. The van der Waals surface area contributed by atoms with Crippen molar-refractivity contribution in [3.63, 3.8) is 0 Å². The highest BCUT2D eigenvalue weighted by atomic mass is 32.2. The molecule has 0 heterocycles. The van der Waals surface area contributed by atoms with E-state index in [0.29, 0.717) is 17.8 Å². The Bertz CT molecular complexity index is 757. The van der Waals surface area contributed by atoms with Gasteiger partial charge in [0.25, 0.3) is 0 Å². The molecule has 0 amide bonds. The van der Waals surface area contributed by atoms with Crippen LogP contribution >= 0.6 is 0 Å². The molecule has 24 heavy (non-hydrogen) atoms. The van der Waals surface area contributed by atoms with Crippen LogP contribution in [0.5, 0.6) is 0 Å². The number of nitrogens with one attached hydrogen (secondary N) is 1. The molecule has 0 unspecified atom stereocenters. The predicted octanol–water partition coefficient (Wildman–Crippen LogP) is 2.83. The molecule has 127 valence electrons. The standard InChI is InChI=1S/C18H21N2O3S/c1-15(21)17-9-11-18(12-10-17)20-24(22,23)14-19-13-5-8-16-6-3-2-4-7-16/h2-4,6-7,9-12,20H,5,8,13-14H2,1H3. The number of carbonyl (C=O) groups is 1. The van der Waals surface area contributed by atoms with Gasteiger partial charge >= 0.3 is 0 Å². The third-order valence-corrected chi connectivity index (χ3v) is 4.52. The Balaban J connectivity index is 1.74. The van der Waals surface area contributed by atoms with Crippen molar-refractivity contribution < 1.29 is 13.2 Å². The summed E-state index contributed by atoms with van der Waals surface area (Å²) in [5, 5.41) is 4.10. The van der Waals surface area contributed by atoms with Crippen molar-refractivity contribution in [3.8, 4) is 0 Å². The molecule has 5 nitrogen and oxygen atoms in total. The number of hydrogen-bond acceptors (Lipinski definition) is 3. The minimum absolute atomic E-state index is 0.0576. The Morgan fingerprint density at radius 3 is 2.33 bits per heavy atom. The van der Waals surface area contributed by atoms with Crippen molar-refractivity contribution in [1.82, 2.24) is 5.32 Å². The molecule has 0 aliphatic heterocycles. The summed E-state index contributed by atoms with van der Waals surface area (Å²) in [4.78, 5) is 11.2. The van der Waals surface area contributed by atoms with Gasteiger partial charge in [-0.25, -0.2) is 13.7 Å². The fourth-order valence-corrected chi connectivity index (χ4v) is 3.14. The summed E-state index contributed by atoms with van der Waals surface area (Å²) < 4.78 is 26.4. The smallest absolute Gasteiger partial charge is 0.247 e. The predicted molar refractivity (Wildman–Crippen MR) is 95.6 cm³/mol. The molecular formula is C18H21N2O3S. The number of nitrogens with zero attached hydrogens (tertiary/aromatic N) is 1. The molecule has 0 aromatic heterocycles. The zero-order valence-electron chi connectivity index (χ0n) is 13.6. The van der Waals surface area contributed by atoms with Gasteiger partial charge in [-0.2, -0.15) is 0 Å². The number of Topliss-reactive ketones (excluding diaryl/α,β-unsaturated/α-hetero) is 1. The molecular weight excluding hydrogens is 324 g/mol. The van der Waals surface area contributed by atoms with Crippen LogP contribution in [-0.2, 0) is 16.4 Å². The Labute approximate surface area is 143 Å². The SMILES string of the molecule is CC(=O)c1ccc(NS(=O)(=O)C[N]CCCc2ccccc2)cc1. The van der Waals surface area contributed by atoms with Crippen LogP contribution in [-0.4, -0.2) is 26.6 Å². The molecule has 0 spiro atoms. The van der Waals surface area contributed by atoms with Gasteiger partial charge in [0.15, 0.2) is 5.78 Å². The summed E-state index contributed by atoms with van der Waals surface area (Å²) in [6.07, 6.45) is 1.69. The quantitative estimate of drug-likeness (QED) is 0.561. The number of carbonyl (C=O) groups excluding carboxylic acids is 1. The van der Waals surface area contributed by atoms with E-state index in [1.165, 1.54) is 12.5 Å². The number of ketones is 1. The first-order valence-corrected chi connectivity index (χ1v) is 9.40. The number of benzene rings is 2. The van der Waals surface area contributed by atoms with Gasteiger partial charge in [0.1, 0.15) is 5.88 Å². The molecule has 0 atom stereocenters. The molecule has 0 aliphatic carbocycles. The average Bonchev–Trinajstić information content (AvgIpc) is 2.55. The molecule has 2 rings (SSSR count). The maximum atomic E-state index is 12.0. The van der Waals surface area contributed by atoms with Crippen LogP contribution in [0.15, 0.2) is 54.6 Å². The molecule has 1 radical (unpaired) electrons. The third kappa shape index (κ3) is 6.14. The van der Waals surface area contributed by atoms with E-state index >= 15 is 0 Å². The first kappa shape index (κ1) is 18.2. The lowest BCUT2D eigenvalue weighted by Gasteiger charge is -2.08. The molecule has 0 aliphatic rings. The normalized spacial score (nSPS) is 11.2. The highest BCUT2D eigenvalue weighted by molar-refractivity contribution is 7.92. The summed E-state index contributed by atoms with van der Waals surface area (Å²) >= 11 is 0. The lowest BCUT2D eigenvalue weighted by Crippen LogP contribution is -2.24. The first-order valence-electron chi connectivity index (χ1n) is 7.75. The van der Waals surface area contributed by atoms with E-state index < -0.39 is 10.0 Å². The fraction of sp³-hybridized carbons (Fsp3) is 0.278. The van der Waals surface area contributed by atoms with E-state index in [2.05, 4.69) is 10.0 Å². The van der Waals surface area contributed by atoms with Gasteiger partial charge < -0.3 is 0 Å². The summed E-state index contributed by atoms with van der Waals surface area (Å²) in [5.74, 6) is -0.325. The summed E-state index contributed by atoms with van der Waals surface area (Å²) in [7, 11) is -3.51. The molecule has 1 N–H and O–H groups in total. The van der Waals surface area contributed by atoms with Gasteiger partial charge in [-0.15, -0.1) is 0 Å². The van der Waals surface area contributed by atoms with Gasteiger partial charge in [0.2, 0.25) is 10.0 Å². The number of rotatable bonds is 9. The van der Waals surface area contributed by atoms with Crippen LogP contribution < -0.4 is 10.0 Å². The third-order valence-electron chi connectivity index (χ3n) is 3.45. The number of anilines is 1. The van der Waals surface area contributed by atoms with Crippen LogP contribution in [0, 0.1) is 0 Å². The second-order valence-corrected chi connectivity index (χ2v) is 7.21. The maximum Gasteiger partial charge on any atom is 0.247 e. The highest BCUT2D eigenvalue weighted by Gasteiger charge is 2.10. The minimum atomic E-state index is -3.51. The number of sulfonamides is 1. The highest BCUT2D eigenvalue weighted by Crippen LogP contribution is 2.11. The maximum absolute atomic E-state index is 12.0. The van der Waals surface area contributed by atoms with Gasteiger partial charge in [-0.3, -0.25) is 9.52 Å². The molecule has 0 bridgehead atoms. The van der Waals surface area contributed by atoms with E-state index in [0.717, 1.165) is 12.8 Å². The largest absolute Gasteiger partial charge is 0.295 e. The van der Waals surface area contributed by atoms with Crippen molar-refractivity contribution in [2.24, 2.45) is 0 Å². The van der Waals surface area contributed by atoms with Crippen molar-refractivity contribution >= 4 is 21.5 Å². The molecule has 0 saturated heterocycles. The zero-order chi connectivity index (χ0) is 17.4. The van der Waals surface area contributed by atoms with Crippen LogP contribution in [0.4, 0.5) is 5.69 Å². The zero-order valence-corrected chi connectivity index (χ0v) is 14.4. The second-order valence-electron chi connectivity index (χ2n) is 5.52. The molecule has 0 saturated carbocycles. The van der Waals surface area contributed by atoms with Gasteiger partial charge in [0, 0.05) is 17.8 Å². The monoisotopic (exact) mass is 345 g/mol. The molecule has 0 fully saturated rings. The first-order chi connectivity index (χ1) is 11.5. The Morgan fingerprint density at radius 2 is 1.71 bits per heavy atom. The Morgan fingerprint density at radius 1 is 1.04 bits per heavy atom. The van der Waals surface area contributed by atoms with E-state index in [9.17, 15) is 13.2 Å². The lowest BCUT2D eigenvalue weighted by atomic mass is 10.1. The Kier molecular flexibility index (Phi) is 6.52. The van der Waals surface area contributed by atoms with Crippen molar-refractivity contribution in [2.45, 2.75) is 19.8 Å². The van der Waals surface area contributed by atoms with Gasteiger partial charge in [-0.1, -0.05) is 30.3 Å². The van der Waals surface area contributed by atoms with E-state index in [-0.39, 0.29) is 11.7 Å². The van der Waals surface area contributed by atoms with Crippen molar-refractivity contribution in [2.75, 3.05) is 17.1 Å². The van der Waals surface area contributed by atoms with Gasteiger partial charge in [0.05, 0.1) is 0 Å². The summed E-state index contributed by atoms with van der Waals surface area (Å²) in [6.45, 7) is 1.96. The van der Waals surface area contributed by atoms with Crippen LogP contribution in [0.25, 0.3) is 0 Å². The number of aryl methyl sites for hydroxylation is 1. The topological polar surface area (TPSA) is 77.3 Å². The van der Waals surface area contributed by atoms with Crippen LogP contribution in [0.1, 0.15) is 29.3 Å². The molecule has 2 aromatic carbocycles. The molecule has 6 heteroatoms. The minimum Gasteiger partial charge on any atom is -0.295 e. The Hall–Kier alpha value is -2.18. The fourth-order valence-electron chi connectivity index (χ4n) is 2.21. The van der Waals surface area contributed by atoms with E-state index in [1.54, 1.807) is 24.3 Å². The van der Waals surface area contributed by atoms with Crippen molar-refractivity contribution in [3.05, 3.63) is 65.7 Å². The van der Waals surface area contributed by atoms with Crippen LogP contribution in [0.3, 0.4) is 0 Å². The van der Waals surface area contributed by atoms with Gasteiger partial charge in [-0.05, 0) is 49.6 Å². The van der Waals surface area contributed by atoms with Crippen molar-refractivity contribution in [1.29, 1.82) is 0 Å². The lowest BCUT2D eigenvalue weighted by molar-refractivity contribution is 0.101. The van der Waals surface area contributed by atoms with E-state index in [1.807, 2.05) is 30.3 Å². The summed E-state index contributed by atoms with van der Waals surface area (Å²) in [6, 6.07) is 16.4. The van der Waals surface area contributed by atoms with Crippen LogP contribution in [0.2, 0.25) is 0 Å². The van der Waals surface area contributed by atoms with E-state index in [4.69, 9.17) is 0 Å². The average molecular weight is 345 g/mol.